The van der Waals surface area contributed by atoms with Crippen molar-refractivity contribution >= 4 is 0 Å². The molecule has 0 aromatic rings. The lowest BCUT2D eigenvalue weighted by Crippen LogP contribution is -2.57. The largest absolute Gasteiger partial charge is 0.394 e. The third kappa shape index (κ3) is 3.05. The molecule has 106 valence electrons. The molecule has 2 rings (SSSR count). The molecule has 1 heterocycles. The summed E-state index contributed by atoms with van der Waals surface area (Å²) in [6.07, 6.45) is 4.76. The molecule has 0 aromatic carbocycles. The van der Waals surface area contributed by atoms with Crippen LogP contribution in [0.25, 0.3) is 0 Å². The van der Waals surface area contributed by atoms with Crippen LogP contribution >= 0.6 is 0 Å². The van der Waals surface area contributed by atoms with Crippen molar-refractivity contribution < 1.29 is 5.11 Å². The lowest BCUT2D eigenvalue weighted by molar-refractivity contribution is 0.0364. The van der Waals surface area contributed by atoms with Gasteiger partial charge in [0.15, 0.2) is 0 Å². The fourth-order valence-corrected chi connectivity index (χ4v) is 3.54. The Morgan fingerprint density at radius 1 is 1.28 bits per heavy atom. The van der Waals surface area contributed by atoms with E-state index < -0.39 is 0 Å². The molecular weight excluding hydrogens is 226 g/mol. The second-order valence-corrected chi connectivity index (χ2v) is 5.91. The second kappa shape index (κ2) is 6.33. The summed E-state index contributed by atoms with van der Waals surface area (Å²) in [7, 11) is 1.99. The van der Waals surface area contributed by atoms with Crippen LogP contribution < -0.4 is 5.32 Å². The first-order valence-electron chi connectivity index (χ1n) is 7.49. The Bertz CT molecular complexity index is 247. The van der Waals surface area contributed by atoms with Crippen LogP contribution in [-0.2, 0) is 0 Å². The molecule has 0 bridgehead atoms. The van der Waals surface area contributed by atoms with Gasteiger partial charge >= 0.3 is 0 Å². The summed E-state index contributed by atoms with van der Waals surface area (Å²) in [6.45, 7) is 8.50. The highest BCUT2D eigenvalue weighted by atomic mass is 16.3. The van der Waals surface area contributed by atoms with E-state index in [-0.39, 0.29) is 12.1 Å². The zero-order valence-electron chi connectivity index (χ0n) is 12.0. The van der Waals surface area contributed by atoms with Crippen molar-refractivity contribution in [2.24, 2.45) is 0 Å². The Morgan fingerprint density at radius 3 is 2.56 bits per heavy atom. The number of nitrogens with one attached hydrogen (secondary N) is 1. The van der Waals surface area contributed by atoms with Crippen LogP contribution in [0, 0.1) is 0 Å². The van der Waals surface area contributed by atoms with Gasteiger partial charge in [0.25, 0.3) is 0 Å². The van der Waals surface area contributed by atoms with Crippen LogP contribution in [0.2, 0.25) is 0 Å². The molecule has 0 radical (unpaired) electrons. The molecule has 0 amide bonds. The molecule has 1 saturated heterocycles. The van der Waals surface area contributed by atoms with Crippen molar-refractivity contribution in [1.29, 1.82) is 0 Å². The van der Waals surface area contributed by atoms with Gasteiger partial charge in [0.2, 0.25) is 0 Å². The van der Waals surface area contributed by atoms with Gasteiger partial charge in [-0.05, 0) is 39.3 Å². The molecule has 2 atom stereocenters. The van der Waals surface area contributed by atoms with Gasteiger partial charge in [0.05, 0.1) is 6.61 Å². The number of nitrogens with zero attached hydrogens (tertiary/aromatic N) is 2. The smallest absolute Gasteiger partial charge is 0.0613 e. The summed E-state index contributed by atoms with van der Waals surface area (Å²) < 4.78 is 0. The van der Waals surface area contributed by atoms with Crippen LogP contribution in [0.15, 0.2) is 0 Å². The van der Waals surface area contributed by atoms with Gasteiger partial charge in [-0.25, -0.2) is 0 Å². The van der Waals surface area contributed by atoms with Gasteiger partial charge in [-0.15, -0.1) is 0 Å². The van der Waals surface area contributed by atoms with Crippen LogP contribution in [0.4, 0.5) is 0 Å². The van der Waals surface area contributed by atoms with E-state index in [1.54, 1.807) is 0 Å². The fourth-order valence-electron chi connectivity index (χ4n) is 3.54. The van der Waals surface area contributed by atoms with Crippen molar-refractivity contribution in [2.75, 3.05) is 46.4 Å². The number of hydrogen-bond donors (Lipinski definition) is 2. The highest BCUT2D eigenvalue weighted by molar-refractivity contribution is 4.96. The third-order valence-corrected chi connectivity index (χ3v) is 5.02. The number of rotatable bonds is 4. The first kappa shape index (κ1) is 14.3. The Labute approximate surface area is 111 Å². The van der Waals surface area contributed by atoms with E-state index >= 15 is 0 Å². The summed E-state index contributed by atoms with van der Waals surface area (Å²) in [5.41, 5.74) is -0.0230. The van der Waals surface area contributed by atoms with Gasteiger partial charge in [-0.1, -0.05) is 6.92 Å². The molecule has 1 aliphatic heterocycles. The normalized spacial score (nSPS) is 35.8. The predicted molar refractivity (Wildman–Crippen MR) is 74.8 cm³/mol. The number of aliphatic hydroxyl groups is 1. The minimum Gasteiger partial charge on any atom is -0.394 e. The highest BCUT2D eigenvalue weighted by Crippen LogP contribution is 2.31. The van der Waals surface area contributed by atoms with Crippen LogP contribution in [-0.4, -0.2) is 72.9 Å². The van der Waals surface area contributed by atoms with Gasteiger partial charge in [0.1, 0.15) is 0 Å². The van der Waals surface area contributed by atoms with Crippen molar-refractivity contribution in [2.45, 2.75) is 44.2 Å². The molecule has 4 nitrogen and oxygen atoms in total. The summed E-state index contributed by atoms with van der Waals surface area (Å²) >= 11 is 0. The lowest BCUT2D eigenvalue weighted by atomic mass is 9.79. The molecule has 2 unspecified atom stereocenters. The Hall–Kier alpha value is -0.160. The zero-order valence-corrected chi connectivity index (χ0v) is 12.0. The maximum absolute atomic E-state index is 9.65. The van der Waals surface area contributed by atoms with E-state index in [1.165, 1.54) is 45.6 Å². The standard InChI is InChI=1S/C14H29N3O/c1-3-16-7-9-17(10-8-16)13-5-4-6-14(11-13,12-18)15-2/h13,15,18H,3-12H2,1-2H3. The lowest BCUT2D eigenvalue weighted by Gasteiger charge is -2.46. The molecule has 1 saturated carbocycles. The van der Waals surface area contributed by atoms with Gasteiger partial charge in [-0.2, -0.15) is 0 Å². The average Bonchev–Trinajstić information content (AvgIpc) is 2.47. The SMILES string of the molecule is CCN1CCN(C2CCCC(CO)(NC)C2)CC1. The topological polar surface area (TPSA) is 38.7 Å². The van der Waals surface area contributed by atoms with Gasteiger partial charge in [0, 0.05) is 37.8 Å². The molecule has 18 heavy (non-hydrogen) atoms. The van der Waals surface area contributed by atoms with Crippen molar-refractivity contribution in [3.05, 3.63) is 0 Å². The maximum atomic E-state index is 9.65. The summed E-state index contributed by atoms with van der Waals surface area (Å²) in [5.74, 6) is 0. The fraction of sp³-hybridized carbons (Fsp3) is 1.00. The minimum atomic E-state index is -0.0230. The van der Waals surface area contributed by atoms with E-state index in [2.05, 4.69) is 22.0 Å². The number of piperazine rings is 1. The number of aliphatic hydroxyl groups excluding tert-OH is 1. The van der Waals surface area contributed by atoms with Crippen molar-refractivity contribution in [3.8, 4) is 0 Å². The predicted octanol–water partition coefficient (Wildman–Crippen LogP) is 0.517. The number of hydrogen-bond acceptors (Lipinski definition) is 4. The molecule has 0 aromatic heterocycles. The Balaban J connectivity index is 1.89. The van der Waals surface area contributed by atoms with Gasteiger partial charge in [-0.3, -0.25) is 4.90 Å². The molecular formula is C14H29N3O. The number of likely N-dealkylation sites (N-methyl/N-ethyl adjacent to an activating group) is 2. The Kier molecular flexibility index (Phi) is 5.01. The first-order valence-corrected chi connectivity index (χ1v) is 7.49. The second-order valence-electron chi connectivity index (χ2n) is 5.91. The van der Waals surface area contributed by atoms with E-state index in [9.17, 15) is 5.11 Å². The molecule has 2 fully saturated rings. The molecule has 2 aliphatic rings. The average molecular weight is 255 g/mol. The molecule has 4 heteroatoms. The quantitative estimate of drug-likeness (QED) is 0.768. The zero-order chi connectivity index (χ0) is 13.0. The van der Waals surface area contributed by atoms with Crippen LogP contribution in [0.3, 0.4) is 0 Å². The molecule has 0 spiro atoms. The van der Waals surface area contributed by atoms with Crippen molar-refractivity contribution in [1.82, 2.24) is 15.1 Å². The van der Waals surface area contributed by atoms with E-state index in [0.717, 1.165) is 12.8 Å². The highest BCUT2D eigenvalue weighted by Gasteiger charge is 2.37. The Morgan fingerprint density at radius 2 is 2.00 bits per heavy atom. The molecule has 2 N–H and O–H groups in total. The maximum Gasteiger partial charge on any atom is 0.0613 e. The summed E-state index contributed by atoms with van der Waals surface area (Å²) in [4.78, 5) is 5.17. The minimum absolute atomic E-state index is 0.0230. The van der Waals surface area contributed by atoms with E-state index in [0.29, 0.717) is 6.04 Å². The first-order chi connectivity index (χ1) is 8.73. The third-order valence-electron chi connectivity index (χ3n) is 5.02. The van der Waals surface area contributed by atoms with E-state index in [1.807, 2.05) is 7.05 Å². The van der Waals surface area contributed by atoms with Crippen molar-refractivity contribution in [3.63, 3.8) is 0 Å². The summed E-state index contributed by atoms with van der Waals surface area (Å²) in [6, 6.07) is 0.664. The van der Waals surface area contributed by atoms with E-state index in [4.69, 9.17) is 0 Å². The van der Waals surface area contributed by atoms with Crippen LogP contribution in [0.5, 0.6) is 0 Å². The van der Waals surface area contributed by atoms with Crippen LogP contribution in [0.1, 0.15) is 32.6 Å². The molecule has 1 aliphatic carbocycles. The van der Waals surface area contributed by atoms with Gasteiger partial charge < -0.3 is 15.3 Å². The summed E-state index contributed by atoms with van der Waals surface area (Å²) in [5, 5.41) is 13.0. The monoisotopic (exact) mass is 255 g/mol.